The van der Waals surface area contributed by atoms with Crippen molar-refractivity contribution in [1.29, 1.82) is 0 Å². The van der Waals surface area contributed by atoms with Crippen LogP contribution >= 0.6 is 0 Å². The average Bonchev–Trinajstić information content (AvgIpc) is 2.73. The second-order valence-corrected chi connectivity index (χ2v) is 11.3. The van der Waals surface area contributed by atoms with Crippen LogP contribution < -0.4 is 0 Å². The molecule has 1 aromatic carbocycles. The topological polar surface area (TPSA) is 60.9 Å². The number of piperidine rings is 1. The van der Waals surface area contributed by atoms with Gasteiger partial charge in [-0.3, -0.25) is 9.69 Å². The summed E-state index contributed by atoms with van der Waals surface area (Å²) in [5.41, 5.74) is 1.85. The van der Waals surface area contributed by atoms with E-state index in [1.807, 2.05) is 26.0 Å². The Kier molecular flexibility index (Phi) is 6.51. The summed E-state index contributed by atoms with van der Waals surface area (Å²) in [5, 5.41) is 0. The average molecular weight is 434 g/mol. The van der Waals surface area contributed by atoms with Gasteiger partial charge in [0.05, 0.1) is 11.4 Å². The lowest BCUT2D eigenvalue weighted by molar-refractivity contribution is -0.135. The Hall–Kier alpha value is -1.44. The third-order valence-corrected chi connectivity index (χ3v) is 9.34. The third-order valence-electron chi connectivity index (χ3n) is 7.28. The minimum atomic E-state index is -3.48. The Labute approximate surface area is 181 Å². The molecule has 0 N–H and O–H groups in total. The van der Waals surface area contributed by atoms with Gasteiger partial charge in [-0.05, 0) is 50.2 Å². The number of benzene rings is 1. The zero-order valence-electron chi connectivity index (χ0n) is 18.3. The highest BCUT2D eigenvalue weighted by Crippen LogP contribution is 2.36. The predicted molar refractivity (Wildman–Crippen MR) is 118 cm³/mol. The van der Waals surface area contributed by atoms with E-state index in [0.717, 1.165) is 36.6 Å². The van der Waals surface area contributed by atoms with E-state index in [9.17, 15) is 13.2 Å². The van der Waals surface area contributed by atoms with Crippen molar-refractivity contribution in [2.45, 2.75) is 50.8 Å². The number of hydrogen-bond donors (Lipinski definition) is 0. The van der Waals surface area contributed by atoms with Gasteiger partial charge in [0.25, 0.3) is 0 Å². The van der Waals surface area contributed by atoms with E-state index in [4.69, 9.17) is 0 Å². The van der Waals surface area contributed by atoms with E-state index >= 15 is 0 Å². The first-order chi connectivity index (χ1) is 14.3. The Balaban J connectivity index is 1.30. The van der Waals surface area contributed by atoms with Crippen molar-refractivity contribution in [1.82, 2.24) is 14.1 Å². The van der Waals surface area contributed by atoms with E-state index in [0.29, 0.717) is 43.5 Å². The number of nitrogens with zero attached hydrogens (tertiary/aromatic N) is 3. The van der Waals surface area contributed by atoms with Crippen molar-refractivity contribution in [3.8, 4) is 0 Å². The number of amides is 1. The maximum atomic E-state index is 13.1. The van der Waals surface area contributed by atoms with Gasteiger partial charge in [0.1, 0.15) is 0 Å². The maximum Gasteiger partial charge on any atom is 0.243 e. The molecule has 6 nitrogen and oxygen atoms in total. The molecule has 3 fully saturated rings. The number of rotatable bonds is 4. The highest BCUT2D eigenvalue weighted by molar-refractivity contribution is 7.89. The molecule has 1 aromatic rings. The summed E-state index contributed by atoms with van der Waals surface area (Å²) in [6.07, 6.45) is 6.41. The van der Waals surface area contributed by atoms with Crippen LogP contribution in [0.3, 0.4) is 0 Å². The van der Waals surface area contributed by atoms with E-state index in [1.165, 1.54) is 25.7 Å². The predicted octanol–water partition coefficient (Wildman–Crippen LogP) is 2.65. The van der Waals surface area contributed by atoms with Gasteiger partial charge >= 0.3 is 0 Å². The molecule has 30 heavy (non-hydrogen) atoms. The highest BCUT2D eigenvalue weighted by Gasteiger charge is 2.34. The van der Waals surface area contributed by atoms with Crippen LogP contribution in [-0.2, 0) is 14.8 Å². The summed E-state index contributed by atoms with van der Waals surface area (Å²) in [6.45, 7) is 8.13. The molecular weight excluding hydrogens is 398 g/mol. The number of sulfonamides is 1. The molecule has 0 radical (unpaired) electrons. The van der Waals surface area contributed by atoms with Gasteiger partial charge in [-0.1, -0.05) is 37.0 Å². The Morgan fingerprint density at radius 3 is 2.37 bits per heavy atom. The molecular formula is C23H35N3O3S. The van der Waals surface area contributed by atoms with Crippen LogP contribution in [0, 0.1) is 25.7 Å². The molecule has 1 aliphatic carbocycles. The standard InChI is InChI=1S/C23H35N3O3S/c1-18-7-8-22(19(2)15-18)30(28,29)26-13-11-24(12-14-26)17-23(27)25-10-9-20-5-3-4-6-21(20)16-25/h7-8,15,20-21H,3-6,9-14,16-17H2,1-2H3/t20-,21-/m0/s1. The third kappa shape index (κ3) is 4.58. The van der Waals surface area contributed by atoms with Gasteiger partial charge in [0, 0.05) is 39.3 Å². The molecule has 0 unspecified atom stereocenters. The molecule has 1 amide bonds. The van der Waals surface area contributed by atoms with Crippen molar-refractivity contribution in [3.05, 3.63) is 29.3 Å². The largest absolute Gasteiger partial charge is 0.341 e. The van der Waals surface area contributed by atoms with Crippen molar-refractivity contribution >= 4 is 15.9 Å². The summed E-state index contributed by atoms with van der Waals surface area (Å²) in [7, 11) is -3.48. The Bertz CT molecular complexity index is 878. The SMILES string of the molecule is Cc1ccc(S(=O)(=O)N2CCN(CC(=O)N3CC[C@@H]4CCCC[C@H]4C3)CC2)c(C)c1. The summed E-state index contributed by atoms with van der Waals surface area (Å²) >= 11 is 0. The Morgan fingerprint density at radius 2 is 1.67 bits per heavy atom. The van der Waals surface area contributed by atoms with Crippen LogP contribution in [0.1, 0.15) is 43.2 Å². The van der Waals surface area contributed by atoms with E-state index < -0.39 is 10.0 Å². The minimum absolute atomic E-state index is 0.213. The zero-order chi connectivity index (χ0) is 21.3. The molecule has 3 aliphatic rings. The molecule has 4 rings (SSSR count). The number of carbonyl (C=O) groups is 1. The molecule has 2 saturated heterocycles. The minimum Gasteiger partial charge on any atom is -0.341 e. The highest BCUT2D eigenvalue weighted by atomic mass is 32.2. The number of likely N-dealkylation sites (tertiary alicyclic amines) is 1. The van der Waals surface area contributed by atoms with Gasteiger partial charge in [0.15, 0.2) is 0 Å². The monoisotopic (exact) mass is 433 g/mol. The first-order valence-corrected chi connectivity index (χ1v) is 12.9. The van der Waals surface area contributed by atoms with Crippen LogP contribution in [0.15, 0.2) is 23.1 Å². The van der Waals surface area contributed by atoms with Gasteiger partial charge < -0.3 is 4.90 Å². The van der Waals surface area contributed by atoms with Crippen molar-refractivity contribution < 1.29 is 13.2 Å². The lowest BCUT2D eigenvalue weighted by Crippen LogP contribution is -2.53. The lowest BCUT2D eigenvalue weighted by Gasteiger charge is -2.42. The lowest BCUT2D eigenvalue weighted by atomic mass is 9.75. The smallest absolute Gasteiger partial charge is 0.243 e. The zero-order valence-corrected chi connectivity index (χ0v) is 19.2. The molecule has 2 aliphatic heterocycles. The van der Waals surface area contributed by atoms with E-state index in [1.54, 1.807) is 10.4 Å². The van der Waals surface area contributed by atoms with Crippen LogP contribution in [0.4, 0.5) is 0 Å². The number of aryl methyl sites for hydroxylation is 2. The number of fused-ring (bicyclic) bond motifs is 1. The second-order valence-electron chi connectivity index (χ2n) is 9.38. The van der Waals surface area contributed by atoms with Crippen molar-refractivity contribution in [2.24, 2.45) is 11.8 Å². The van der Waals surface area contributed by atoms with E-state index in [2.05, 4.69) is 9.80 Å². The molecule has 7 heteroatoms. The maximum absolute atomic E-state index is 13.1. The fourth-order valence-electron chi connectivity index (χ4n) is 5.47. The van der Waals surface area contributed by atoms with Gasteiger partial charge in [0.2, 0.25) is 15.9 Å². The molecule has 166 valence electrons. The van der Waals surface area contributed by atoms with Crippen LogP contribution in [0.25, 0.3) is 0 Å². The van der Waals surface area contributed by atoms with Gasteiger partial charge in [-0.2, -0.15) is 4.31 Å². The molecule has 1 saturated carbocycles. The summed E-state index contributed by atoms with van der Waals surface area (Å²) in [5.74, 6) is 1.72. The molecule has 2 atom stereocenters. The first kappa shape index (κ1) is 21.8. The molecule has 0 aromatic heterocycles. The number of hydrogen-bond acceptors (Lipinski definition) is 4. The summed E-state index contributed by atoms with van der Waals surface area (Å²) < 4.78 is 27.7. The normalized spacial score (nSPS) is 26.4. The van der Waals surface area contributed by atoms with Crippen LogP contribution in [0.5, 0.6) is 0 Å². The van der Waals surface area contributed by atoms with Gasteiger partial charge in [-0.15, -0.1) is 0 Å². The number of piperazine rings is 1. The molecule has 0 bridgehead atoms. The van der Waals surface area contributed by atoms with Crippen LogP contribution in [-0.4, -0.2) is 74.2 Å². The Morgan fingerprint density at radius 1 is 0.967 bits per heavy atom. The summed E-state index contributed by atoms with van der Waals surface area (Å²) in [6, 6.07) is 5.48. The fraction of sp³-hybridized carbons (Fsp3) is 0.696. The van der Waals surface area contributed by atoms with Crippen molar-refractivity contribution in [3.63, 3.8) is 0 Å². The quantitative estimate of drug-likeness (QED) is 0.732. The number of carbonyl (C=O) groups excluding carboxylic acids is 1. The van der Waals surface area contributed by atoms with E-state index in [-0.39, 0.29) is 5.91 Å². The first-order valence-electron chi connectivity index (χ1n) is 11.4. The van der Waals surface area contributed by atoms with Gasteiger partial charge in [-0.25, -0.2) is 8.42 Å². The molecule has 2 heterocycles. The summed E-state index contributed by atoms with van der Waals surface area (Å²) in [4.78, 5) is 17.4. The van der Waals surface area contributed by atoms with Crippen LogP contribution in [0.2, 0.25) is 0 Å². The second kappa shape index (κ2) is 8.97. The fourth-order valence-corrected chi connectivity index (χ4v) is 7.10. The molecule has 0 spiro atoms. The van der Waals surface area contributed by atoms with Crippen molar-refractivity contribution in [2.75, 3.05) is 45.8 Å².